The molecule has 0 aliphatic carbocycles. The van der Waals surface area contributed by atoms with Crippen LogP contribution in [0.4, 0.5) is 0 Å². The zero-order valence-corrected chi connectivity index (χ0v) is 6.30. The van der Waals surface area contributed by atoms with Crippen molar-refractivity contribution in [1.82, 2.24) is 0 Å². The van der Waals surface area contributed by atoms with Crippen molar-refractivity contribution >= 4 is 0 Å². The average Bonchev–Trinajstić information content (AvgIpc) is 1.82. The minimum absolute atomic E-state index is 0.0232. The molecule has 0 aromatic carbocycles. The maximum Gasteiger partial charge on any atom is 0.0662 e. The number of aliphatic hydroxyl groups excluding tert-OH is 1. The van der Waals surface area contributed by atoms with E-state index in [2.05, 4.69) is 6.92 Å². The van der Waals surface area contributed by atoms with Gasteiger partial charge in [-0.05, 0) is 13.3 Å². The van der Waals surface area contributed by atoms with Crippen molar-refractivity contribution in [2.24, 2.45) is 5.73 Å². The van der Waals surface area contributed by atoms with E-state index in [4.69, 9.17) is 10.8 Å². The molecule has 1 unspecified atom stereocenters. The molecule has 0 rings (SSSR count). The molecular weight excluding hydrogens is 114 g/mol. The standard InChI is InChI=1S/C7H17NO/c1-3-4-5-7(8)6(2)9/h6-7,9H,3-5,8H2,1-2H3/t6-,7?/m0/s1. The Morgan fingerprint density at radius 2 is 2.11 bits per heavy atom. The molecule has 0 radical (unpaired) electrons. The third-order valence-corrected chi connectivity index (χ3v) is 1.51. The van der Waals surface area contributed by atoms with Crippen LogP contribution in [-0.4, -0.2) is 17.3 Å². The number of nitrogens with two attached hydrogens (primary N) is 1. The molecule has 0 bridgehead atoms. The van der Waals surface area contributed by atoms with Gasteiger partial charge in [0.1, 0.15) is 0 Å². The van der Waals surface area contributed by atoms with Crippen LogP contribution in [0.3, 0.4) is 0 Å². The summed E-state index contributed by atoms with van der Waals surface area (Å²) in [5.41, 5.74) is 5.55. The fourth-order valence-electron chi connectivity index (χ4n) is 0.681. The van der Waals surface area contributed by atoms with Gasteiger partial charge >= 0.3 is 0 Å². The molecule has 2 atom stereocenters. The van der Waals surface area contributed by atoms with Gasteiger partial charge < -0.3 is 10.8 Å². The number of hydrogen-bond acceptors (Lipinski definition) is 2. The molecule has 0 fully saturated rings. The first-order valence-electron chi connectivity index (χ1n) is 3.62. The van der Waals surface area contributed by atoms with E-state index < -0.39 is 0 Å². The number of rotatable bonds is 4. The van der Waals surface area contributed by atoms with Crippen molar-refractivity contribution in [2.45, 2.75) is 45.3 Å². The van der Waals surface area contributed by atoms with Gasteiger partial charge in [0.15, 0.2) is 0 Å². The van der Waals surface area contributed by atoms with E-state index in [1.165, 1.54) is 0 Å². The van der Waals surface area contributed by atoms with Gasteiger partial charge in [-0.1, -0.05) is 19.8 Å². The Hall–Kier alpha value is -0.0800. The van der Waals surface area contributed by atoms with Gasteiger partial charge in [-0.3, -0.25) is 0 Å². The summed E-state index contributed by atoms with van der Waals surface area (Å²) >= 11 is 0. The largest absolute Gasteiger partial charge is 0.392 e. The molecule has 0 aliphatic rings. The predicted molar refractivity (Wildman–Crippen MR) is 39.2 cm³/mol. The van der Waals surface area contributed by atoms with E-state index in [-0.39, 0.29) is 12.1 Å². The average molecular weight is 131 g/mol. The quantitative estimate of drug-likeness (QED) is 0.595. The first kappa shape index (κ1) is 8.92. The highest BCUT2D eigenvalue weighted by Gasteiger charge is 2.06. The van der Waals surface area contributed by atoms with Crippen molar-refractivity contribution in [3.05, 3.63) is 0 Å². The van der Waals surface area contributed by atoms with Gasteiger partial charge in [0.25, 0.3) is 0 Å². The van der Waals surface area contributed by atoms with Crippen LogP contribution in [0.25, 0.3) is 0 Å². The van der Waals surface area contributed by atoms with Crippen LogP contribution in [0.2, 0.25) is 0 Å². The molecule has 0 aromatic rings. The molecule has 2 heteroatoms. The van der Waals surface area contributed by atoms with Crippen molar-refractivity contribution < 1.29 is 5.11 Å². The summed E-state index contributed by atoms with van der Waals surface area (Å²) < 4.78 is 0. The van der Waals surface area contributed by atoms with E-state index in [1.54, 1.807) is 6.92 Å². The Bertz CT molecular complexity index is 63.9. The van der Waals surface area contributed by atoms with E-state index in [0.29, 0.717) is 0 Å². The maximum atomic E-state index is 8.92. The van der Waals surface area contributed by atoms with E-state index in [9.17, 15) is 0 Å². The Balaban J connectivity index is 3.16. The van der Waals surface area contributed by atoms with Gasteiger partial charge in [-0.15, -0.1) is 0 Å². The predicted octanol–water partition coefficient (Wildman–Crippen LogP) is 0.885. The molecule has 0 heterocycles. The number of aliphatic hydroxyl groups is 1. The molecule has 9 heavy (non-hydrogen) atoms. The zero-order chi connectivity index (χ0) is 7.28. The van der Waals surface area contributed by atoms with Crippen LogP contribution in [0, 0.1) is 0 Å². The summed E-state index contributed by atoms with van der Waals surface area (Å²) in [4.78, 5) is 0. The first-order chi connectivity index (χ1) is 4.18. The van der Waals surface area contributed by atoms with E-state index in [0.717, 1.165) is 19.3 Å². The Kier molecular flexibility index (Phi) is 4.72. The molecule has 0 spiro atoms. The van der Waals surface area contributed by atoms with E-state index in [1.807, 2.05) is 0 Å². The molecule has 56 valence electrons. The lowest BCUT2D eigenvalue weighted by Gasteiger charge is -2.12. The Morgan fingerprint density at radius 1 is 1.56 bits per heavy atom. The van der Waals surface area contributed by atoms with Crippen LogP contribution >= 0.6 is 0 Å². The van der Waals surface area contributed by atoms with Crippen LogP contribution in [0.15, 0.2) is 0 Å². The lowest BCUT2D eigenvalue weighted by molar-refractivity contribution is 0.158. The second-order valence-electron chi connectivity index (χ2n) is 2.55. The smallest absolute Gasteiger partial charge is 0.0662 e. The molecule has 0 saturated carbocycles. The van der Waals surface area contributed by atoms with Crippen molar-refractivity contribution in [2.75, 3.05) is 0 Å². The summed E-state index contributed by atoms with van der Waals surface area (Å²) in [6.07, 6.45) is 2.86. The lowest BCUT2D eigenvalue weighted by Crippen LogP contribution is -2.31. The van der Waals surface area contributed by atoms with Gasteiger partial charge in [-0.25, -0.2) is 0 Å². The third-order valence-electron chi connectivity index (χ3n) is 1.51. The Morgan fingerprint density at radius 3 is 2.44 bits per heavy atom. The van der Waals surface area contributed by atoms with E-state index >= 15 is 0 Å². The third kappa shape index (κ3) is 4.43. The second kappa shape index (κ2) is 4.77. The summed E-state index contributed by atoms with van der Waals surface area (Å²) in [5.74, 6) is 0. The maximum absolute atomic E-state index is 8.92. The van der Waals surface area contributed by atoms with Crippen LogP contribution in [-0.2, 0) is 0 Å². The number of hydrogen-bond donors (Lipinski definition) is 2. The lowest BCUT2D eigenvalue weighted by atomic mass is 10.1. The SMILES string of the molecule is CCCCC(N)[C@H](C)O. The minimum Gasteiger partial charge on any atom is -0.392 e. The highest BCUT2D eigenvalue weighted by Crippen LogP contribution is 2.00. The van der Waals surface area contributed by atoms with Gasteiger partial charge in [-0.2, -0.15) is 0 Å². The topological polar surface area (TPSA) is 46.2 Å². The Labute approximate surface area is 57.1 Å². The fourth-order valence-corrected chi connectivity index (χ4v) is 0.681. The zero-order valence-electron chi connectivity index (χ0n) is 6.30. The van der Waals surface area contributed by atoms with Gasteiger partial charge in [0.2, 0.25) is 0 Å². The summed E-state index contributed by atoms with van der Waals surface area (Å²) in [6.45, 7) is 3.86. The fraction of sp³-hybridized carbons (Fsp3) is 1.00. The summed E-state index contributed by atoms with van der Waals surface area (Å²) in [7, 11) is 0. The molecular formula is C7H17NO. The van der Waals surface area contributed by atoms with Crippen molar-refractivity contribution in [3.63, 3.8) is 0 Å². The molecule has 0 amide bonds. The van der Waals surface area contributed by atoms with Gasteiger partial charge in [0, 0.05) is 6.04 Å². The van der Waals surface area contributed by atoms with Crippen LogP contribution < -0.4 is 5.73 Å². The second-order valence-corrected chi connectivity index (χ2v) is 2.55. The first-order valence-corrected chi connectivity index (χ1v) is 3.62. The minimum atomic E-state index is -0.350. The van der Waals surface area contributed by atoms with Gasteiger partial charge in [0.05, 0.1) is 6.10 Å². The highest BCUT2D eigenvalue weighted by atomic mass is 16.3. The molecule has 2 nitrogen and oxygen atoms in total. The van der Waals surface area contributed by atoms with Crippen LogP contribution in [0.1, 0.15) is 33.1 Å². The van der Waals surface area contributed by atoms with Crippen molar-refractivity contribution in [3.8, 4) is 0 Å². The highest BCUT2D eigenvalue weighted by molar-refractivity contribution is 4.66. The van der Waals surface area contributed by atoms with Crippen molar-refractivity contribution in [1.29, 1.82) is 0 Å². The molecule has 0 saturated heterocycles. The van der Waals surface area contributed by atoms with Crippen LogP contribution in [0.5, 0.6) is 0 Å². The molecule has 0 aliphatic heterocycles. The number of unbranched alkanes of at least 4 members (excludes halogenated alkanes) is 1. The molecule has 0 aromatic heterocycles. The summed E-state index contributed by atoms with van der Waals surface area (Å²) in [6, 6.07) is -0.0232. The normalized spacial score (nSPS) is 17.3. The summed E-state index contributed by atoms with van der Waals surface area (Å²) in [5, 5.41) is 8.92. The molecule has 3 N–H and O–H groups in total. The monoisotopic (exact) mass is 131 g/mol.